The molecule has 0 unspecified atom stereocenters. The Balaban J connectivity index is 1.38. The molecule has 0 aromatic heterocycles. The lowest BCUT2D eigenvalue weighted by Crippen LogP contribution is -2.40. The molecule has 0 atom stereocenters. The Bertz CT molecular complexity index is 1130. The van der Waals surface area contributed by atoms with E-state index in [4.69, 9.17) is 0 Å². The van der Waals surface area contributed by atoms with Gasteiger partial charge in [0.05, 0.1) is 41.3 Å². The average molecular weight is 425 g/mol. The van der Waals surface area contributed by atoms with Crippen molar-refractivity contribution in [1.82, 2.24) is 0 Å². The van der Waals surface area contributed by atoms with E-state index in [0.29, 0.717) is 0 Å². The van der Waals surface area contributed by atoms with Crippen LogP contribution in [0.3, 0.4) is 0 Å². The van der Waals surface area contributed by atoms with Crippen LogP contribution in [0.15, 0.2) is 97.1 Å². The Morgan fingerprint density at radius 3 is 1.31 bits per heavy atom. The summed E-state index contributed by atoms with van der Waals surface area (Å²) < 4.78 is 1.89. The highest BCUT2D eigenvalue weighted by Crippen LogP contribution is 2.23. The molecule has 4 aromatic carbocycles. The number of benzene rings is 4. The number of quaternary nitrogens is 2. The molecule has 4 aromatic rings. The van der Waals surface area contributed by atoms with Gasteiger partial charge in [-0.05, 0) is 33.7 Å². The summed E-state index contributed by atoms with van der Waals surface area (Å²) >= 11 is 0. The van der Waals surface area contributed by atoms with Crippen LogP contribution in [-0.4, -0.2) is 50.2 Å². The van der Waals surface area contributed by atoms with E-state index in [0.717, 1.165) is 35.1 Å². The first kappa shape index (κ1) is 22.3. The number of hydrogen-bond donors (Lipinski definition) is 0. The van der Waals surface area contributed by atoms with Crippen molar-refractivity contribution in [2.24, 2.45) is 0 Å². The summed E-state index contributed by atoms with van der Waals surface area (Å²) in [6.07, 6.45) is 4.74. The van der Waals surface area contributed by atoms with E-state index in [-0.39, 0.29) is 0 Å². The second-order valence-corrected chi connectivity index (χ2v) is 10.3. The largest absolute Gasteiger partial charge is 0.321 e. The molecule has 2 heteroatoms. The smallest absolute Gasteiger partial charge is 0.105 e. The lowest BCUT2D eigenvalue weighted by Gasteiger charge is -2.30. The summed E-state index contributed by atoms with van der Waals surface area (Å²) in [5.74, 6) is 0. The topological polar surface area (TPSA) is 0 Å². The van der Waals surface area contributed by atoms with Crippen LogP contribution in [-0.2, 0) is 13.1 Å². The summed E-state index contributed by atoms with van der Waals surface area (Å²) in [5, 5.41) is 5.40. The van der Waals surface area contributed by atoms with Gasteiger partial charge < -0.3 is 8.97 Å². The summed E-state index contributed by atoms with van der Waals surface area (Å²) in [6, 6.07) is 30.7. The SMILES string of the molecule is C[N+](C)(C/C=C/C[N+](C)(C)Cc1cccc2ccccc12)Cc1cccc2ccccc12. The van der Waals surface area contributed by atoms with Gasteiger partial charge in [-0.3, -0.25) is 0 Å². The van der Waals surface area contributed by atoms with E-state index in [2.05, 4.69) is 125 Å². The van der Waals surface area contributed by atoms with E-state index in [1.165, 1.54) is 32.7 Å². The predicted octanol–water partition coefficient (Wildman–Crippen LogP) is 6.40. The maximum atomic E-state index is 2.37. The quantitative estimate of drug-likeness (QED) is 0.227. The van der Waals surface area contributed by atoms with E-state index < -0.39 is 0 Å². The first-order chi connectivity index (χ1) is 15.3. The van der Waals surface area contributed by atoms with Crippen molar-refractivity contribution in [3.8, 4) is 0 Å². The minimum Gasteiger partial charge on any atom is -0.321 e. The van der Waals surface area contributed by atoms with Gasteiger partial charge >= 0.3 is 0 Å². The molecule has 0 amide bonds. The summed E-state index contributed by atoms with van der Waals surface area (Å²) in [7, 11) is 9.29. The Labute approximate surface area is 193 Å². The molecule has 0 bridgehead atoms. The summed E-state index contributed by atoms with van der Waals surface area (Å²) in [5.41, 5.74) is 2.85. The van der Waals surface area contributed by atoms with Crippen molar-refractivity contribution in [1.29, 1.82) is 0 Å². The van der Waals surface area contributed by atoms with E-state index in [1.807, 2.05) is 0 Å². The van der Waals surface area contributed by atoms with Crippen LogP contribution in [0.2, 0.25) is 0 Å². The highest BCUT2D eigenvalue weighted by Gasteiger charge is 2.18. The zero-order valence-corrected chi connectivity index (χ0v) is 20.0. The van der Waals surface area contributed by atoms with E-state index in [1.54, 1.807) is 0 Å². The van der Waals surface area contributed by atoms with Crippen molar-refractivity contribution in [2.75, 3.05) is 41.3 Å². The zero-order chi connectivity index (χ0) is 22.6. The van der Waals surface area contributed by atoms with Gasteiger partial charge in [0.25, 0.3) is 0 Å². The third-order valence-corrected chi connectivity index (χ3v) is 6.32. The van der Waals surface area contributed by atoms with Crippen LogP contribution in [0, 0.1) is 0 Å². The van der Waals surface area contributed by atoms with Crippen LogP contribution in [0.4, 0.5) is 0 Å². The molecule has 0 saturated carbocycles. The molecule has 0 aliphatic heterocycles. The normalized spacial score (nSPS) is 12.8. The lowest BCUT2D eigenvalue weighted by molar-refractivity contribution is -0.900. The second-order valence-electron chi connectivity index (χ2n) is 10.3. The number of hydrogen-bond acceptors (Lipinski definition) is 0. The van der Waals surface area contributed by atoms with Gasteiger partial charge in [0.2, 0.25) is 0 Å². The average Bonchev–Trinajstić information content (AvgIpc) is 2.77. The fourth-order valence-electron chi connectivity index (χ4n) is 4.63. The van der Waals surface area contributed by atoms with Gasteiger partial charge in [0.15, 0.2) is 0 Å². The first-order valence-electron chi connectivity index (χ1n) is 11.6. The number of likely N-dealkylation sites (N-methyl/N-ethyl adjacent to an activating group) is 2. The minimum atomic E-state index is 0.946. The number of rotatable bonds is 8. The third-order valence-electron chi connectivity index (χ3n) is 6.32. The highest BCUT2D eigenvalue weighted by atomic mass is 15.3. The predicted molar refractivity (Wildman–Crippen MR) is 138 cm³/mol. The molecule has 32 heavy (non-hydrogen) atoms. The van der Waals surface area contributed by atoms with E-state index in [9.17, 15) is 0 Å². The molecule has 0 fully saturated rings. The maximum absolute atomic E-state index is 2.37. The molecular formula is C30H36N2+2. The molecule has 0 N–H and O–H groups in total. The van der Waals surface area contributed by atoms with Crippen molar-refractivity contribution in [2.45, 2.75) is 13.1 Å². The molecule has 0 spiro atoms. The molecule has 0 saturated heterocycles. The molecule has 2 nitrogen and oxygen atoms in total. The molecular weight excluding hydrogens is 388 g/mol. The van der Waals surface area contributed by atoms with Gasteiger partial charge in [-0.25, -0.2) is 0 Å². The van der Waals surface area contributed by atoms with Crippen LogP contribution in [0.25, 0.3) is 21.5 Å². The molecule has 0 heterocycles. The highest BCUT2D eigenvalue weighted by molar-refractivity contribution is 5.86. The Morgan fingerprint density at radius 2 is 0.875 bits per heavy atom. The van der Waals surface area contributed by atoms with E-state index >= 15 is 0 Å². The zero-order valence-electron chi connectivity index (χ0n) is 20.0. The Hall–Kier alpha value is -2.94. The number of nitrogens with zero attached hydrogens (tertiary/aromatic N) is 2. The van der Waals surface area contributed by atoms with Gasteiger partial charge in [0.1, 0.15) is 13.1 Å². The molecule has 0 aliphatic rings. The van der Waals surface area contributed by atoms with Crippen LogP contribution in [0.5, 0.6) is 0 Å². The number of fused-ring (bicyclic) bond motifs is 2. The molecule has 0 aliphatic carbocycles. The van der Waals surface area contributed by atoms with Crippen molar-refractivity contribution >= 4 is 21.5 Å². The standard InChI is InChI=1S/C30H36N2/c1-31(2,23-27-17-11-15-25-13-5-7-19-29(25)27)21-9-10-22-32(3,4)24-28-18-12-16-26-14-6-8-20-30(26)28/h5-20H,21-24H2,1-4H3/q+2/b10-9+. The first-order valence-corrected chi connectivity index (χ1v) is 11.6. The van der Waals surface area contributed by atoms with Gasteiger partial charge in [-0.2, -0.15) is 0 Å². The monoisotopic (exact) mass is 424 g/mol. The van der Waals surface area contributed by atoms with Gasteiger partial charge in [-0.1, -0.05) is 84.9 Å². The van der Waals surface area contributed by atoms with Gasteiger partial charge in [0, 0.05) is 11.1 Å². The molecule has 0 radical (unpaired) electrons. The van der Waals surface area contributed by atoms with Crippen LogP contribution < -0.4 is 0 Å². The Kier molecular flexibility index (Phi) is 6.45. The fraction of sp³-hybridized carbons (Fsp3) is 0.267. The molecule has 4 rings (SSSR count). The van der Waals surface area contributed by atoms with Crippen LogP contribution in [0.1, 0.15) is 11.1 Å². The summed E-state index contributed by atoms with van der Waals surface area (Å²) in [6.45, 7) is 4.11. The second kappa shape index (κ2) is 9.28. The Morgan fingerprint density at radius 1 is 0.500 bits per heavy atom. The third kappa shape index (κ3) is 5.45. The van der Waals surface area contributed by atoms with Crippen molar-refractivity contribution < 1.29 is 8.97 Å². The minimum absolute atomic E-state index is 0.946. The fourth-order valence-corrected chi connectivity index (χ4v) is 4.63. The van der Waals surface area contributed by atoms with Gasteiger partial charge in [-0.15, -0.1) is 0 Å². The summed E-state index contributed by atoms with van der Waals surface area (Å²) in [4.78, 5) is 0. The lowest BCUT2D eigenvalue weighted by atomic mass is 10.0. The van der Waals surface area contributed by atoms with Crippen LogP contribution >= 0.6 is 0 Å². The molecule has 164 valence electrons. The maximum Gasteiger partial charge on any atom is 0.105 e. The van der Waals surface area contributed by atoms with Crippen molar-refractivity contribution in [3.05, 3.63) is 108 Å². The van der Waals surface area contributed by atoms with Crippen molar-refractivity contribution in [3.63, 3.8) is 0 Å².